The predicted octanol–water partition coefficient (Wildman–Crippen LogP) is 7.77. The fourth-order valence-corrected chi connectivity index (χ4v) is 12.0. The SMILES string of the molecule is O=c1c2ccccc2oc2ccc(I(OS(=O)(=O)c3c(F)c(F)c(F)c(F)c3F)c3ccc4oc5ccccc5c(=O)c4c3)cc12. The predicted molar refractivity (Wildman–Crippen MR) is 166 cm³/mol. The molecule has 0 unspecified atom stereocenters. The van der Waals surface area contributed by atoms with E-state index in [1.54, 1.807) is 36.4 Å². The molecule has 7 rings (SSSR count). The number of para-hydroxylation sites is 2. The van der Waals surface area contributed by atoms with Gasteiger partial charge in [-0.2, -0.15) is 0 Å². The van der Waals surface area contributed by atoms with Crippen molar-refractivity contribution in [2.24, 2.45) is 0 Å². The van der Waals surface area contributed by atoms with Gasteiger partial charge in [0.1, 0.15) is 0 Å². The molecule has 0 radical (unpaired) electrons. The maximum atomic E-state index is 14.7. The van der Waals surface area contributed by atoms with Crippen LogP contribution < -0.4 is 10.9 Å². The molecule has 0 N–H and O–H groups in total. The Morgan fingerprint density at radius 2 is 0.913 bits per heavy atom. The normalized spacial score (nSPS) is 12.4. The fraction of sp³-hybridized carbons (Fsp3) is 0. The molecular formula is C32H14F5IO7S. The molecule has 232 valence electrons. The Kier molecular flexibility index (Phi) is 7.17. The van der Waals surface area contributed by atoms with E-state index in [-0.39, 0.29) is 51.0 Å². The van der Waals surface area contributed by atoms with Gasteiger partial charge >= 0.3 is 262 Å². The minimum atomic E-state index is -5.71. The average molecular weight is 764 g/mol. The van der Waals surface area contributed by atoms with Gasteiger partial charge in [0, 0.05) is 0 Å². The van der Waals surface area contributed by atoms with Crippen molar-refractivity contribution in [3.8, 4) is 0 Å². The van der Waals surface area contributed by atoms with Crippen LogP contribution in [-0.4, -0.2) is 8.42 Å². The van der Waals surface area contributed by atoms with Crippen LogP contribution in [0.4, 0.5) is 22.0 Å². The Labute approximate surface area is 261 Å². The Morgan fingerprint density at radius 3 is 1.37 bits per heavy atom. The Hall–Kier alpha value is -4.67. The summed E-state index contributed by atoms with van der Waals surface area (Å²) >= 11 is -4.08. The van der Waals surface area contributed by atoms with E-state index in [9.17, 15) is 40.0 Å². The summed E-state index contributed by atoms with van der Waals surface area (Å²) in [5.41, 5.74) is -0.165. The van der Waals surface area contributed by atoms with Crippen LogP contribution in [0.5, 0.6) is 0 Å². The first-order valence-electron chi connectivity index (χ1n) is 13.0. The zero-order valence-corrected chi connectivity index (χ0v) is 25.6. The second-order valence-electron chi connectivity index (χ2n) is 9.80. The van der Waals surface area contributed by atoms with E-state index in [1.165, 1.54) is 48.5 Å². The molecule has 0 spiro atoms. The van der Waals surface area contributed by atoms with Gasteiger partial charge < -0.3 is 0 Å². The van der Waals surface area contributed by atoms with Gasteiger partial charge in [-0.15, -0.1) is 0 Å². The van der Waals surface area contributed by atoms with Crippen LogP contribution in [0.1, 0.15) is 0 Å². The van der Waals surface area contributed by atoms with E-state index in [1.807, 2.05) is 0 Å². The molecule has 2 aromatic heterocycles. The number of benzene rings is 5. The van der Waals surface area contributed by atoms with E-state index < -0.39 is 75.2 Å². The third-order valence-corrected chi connectivity index (χ3v) is 14.3. The summed E-state index contributed by atoms with van der Waals surface area (Å²) in [5.74, 6) is -12.7. The molecule has 0 aliphatic heterocycles. The summed E-state index contributed by atoms with van der Waals surface area (Å²) in [6.07, 6.45) is 0. The van der Waals surface area contributed by atoms with Crippen LogP contribution in [-0.2, 0) is 12.6 Å². The van der Waals surface area contributed by atoms with E-state index in [0.717, 1.165) is 0 Å². The first kappa shape index (κ1) is 30.0. The molecule has 14 heteroatoms. The molecule has 5 aromatic carbocycles. The molecule has 0 fully saturated rings. The zero-order valence-electron chi connectivity index (χ0n) is 22.6. The van der Waals surface area contributed by atoms with Gasteiger partial charge in [0.2, 0.25) is 0 Å². The van der Waals surface area contributed by atoms with Crippen molar-refractivity contribution in [3.63, 3.8) is 0 Å². The molecule has 0 amide bonds. The molecule has 7 aromatic rings. The van der Waals surface area contributed by atoms with E-state index in [4.69, 9.17) is 11.3 Å². The molecule has 46 heavy (non-hydrogen) atoms. The Balaban J connectivity index is 1.47. The number of halogens is 6. The van der Waals surface area contributed by atoms with Crippen LogP contribution in [0.15, 0.2) is 108 Å². The molecule has 0 saturated carbocycles. The van der Waals surface area contributed by atoms with Crippen molar-refractivity contribution < 1.29 is 41.7 Å². The molecule has 0 aliphatic carbocycles. The monoisotopic (exact) mass is 764 g/mol. The Morgan fingerprint density at radius 1 is 0.522 bits per heavy atom. The van der Waals surface area contributed by atoms with Crippen molar-refractivity contribution in [2.45, 2.75) is 4.90 Å². The zero-order chi connectivity index (χ0) is 32.5. The number of hydrogen-bond donors (Lipinski definition) is 0. The number of fused-ring (bicyclic) bond motifs is 4. The summed E-state index contributed by atoms with van der Waals surface area (Å²) in [6.45, 7) is 0. The summed E-state index contributed by atoms with van der Waals surface area (Å²) in [6, 6.07) is 20.7. The van der Waals surface area contributed by atoms with Crippen molar-refractivity contribution in [3.05, 3.63) is 142 Å². The molecule has 7 nitrogen and oxygen atoms in total. The third kappa shape index (κ3) is 4.75. The first-order valence-corrected chi connectivity index (χ1v) is 17.5. The standard InChI is InChI=1S/C32H14F5IO7S/c33-25-26(34)28(36)32(29(37)27(25)35)46(41,42)45-38(15-9-11-23-19(13-15)30(39)17-5-1-3-7-21(17)43-23)16-10-12-24-20(14-16)31(40)18-6-2-4-8-22(18)44-24/h1-14H. The van der Waals surface area contributed by atoms with Crippen LogP contribution in [0.3, 0.4) is 0 Å². The van der Waals surface area contributed by atoms with Crippen LogP contribution in [0.2, 0.25) is 0 Å². The average Bonchev–Trinajstić information content (AvgIpc) is 3.05. The molecule has 0 atom stereocenters. The number of hydrogen-bond acceptors (Lipinski definition) is 7. The fourth-order valence-electron chi connectivity index (χ4n) is 4.88. The van der Waals surface area contributed by atoms with Crippen molar-refractivity contribution in [2.75, 3.05) is 0 Å². The van der Waals surface area contributed by atoms with Gasteiger partial charge in [0.05, 0.1) is 0 Å². The van der Waals surface area contributed by atoms with Gasteiger partial charge in [-0.3, -0.25) is 0 Å². The quantitative estimate of drug-likeness (QED) is 0.0581. The molecular weight excluding hydrogens is 750 g/mol. The van der Waals surface area contributed by atoms with Gasteiger partial charge in [-0.05, 0) is 0 Å². The van der Waals surface area contributed by atoms with Gasteiger partial charge in [0.15, 0.2) is 0 Å². The summed E-state index contributed by atoms with van der Waals surface area (Å²) in [7, 11) is -5.71. The summed E-state index contributed by atoms with van der Waals surface area (Å²) in [4.78, 5) is 24.6. The molecule has 2 heterocycles. The minimum absolute atomic E-state index is 0.00188. The van der Waals surface area contributed by atoms with E-state index in [2.05, 4.69) is 0 Å². The van der Waals surface area contributed by atoms with Crippen LogP contribution >= 0.6 is 20.2 Å². The second-order valence-corrected chi connectivity index (χ2v) is 16.2. The maximum absolute atomic E-state index is 14.7. The summed E-state index contributed by atoms with van der Waals surface area (Å²) < 4.78 is 115. The number of rotatable bonds is 5. The molecule has 0 saturated heterocycles. The van der Waals surface area contributed by atoms with E-state index in [0.29, 0.717) is 0 Å². The van der Waals surface area contributed by atoms with Crippen molar-refractivity contribution >= 4 is 74.2 Å². The van der Waals surface area contributed by atoms with Crippen molar-refractivity contribution in [1.82, 2.24) is 0 Å². The van der Waals surface area contributed by atoms with Gasteiger partial charge in [-0.1, -0.05) is 0 Å². The Bertz CT molecular complexity index is 2490. The van der Waals surface area contributed by atoms with Crippen LogP contribution in [0.25, 0.3) is 43.9 Å². The topological polar surface area (TPSA) is 104 Å². The van der Waals surface area contributed by atoms with E-state index >= 15 is 0 Å². The molecule has 0 bridgehead atoms. The van der Waals surface area contributed by atoms with Gasteiger partial charge in [0.25, 0.3) is 0 Å². The summed E-state index contributed by atoms with van der Waals surface area (Å²) in [5, 5.41) is 0.416. The molecule has 0 aliphatic rings. The second kappa shape index (κ2) is 11.0. The first-order chi connectivity index (χ1) is 22.0. The van der Waals surface area contributed by atoms with Gasteiger partial charge in [-0.25, -0.2) is 0 Å². The third-order valence-electron chi connectivity index (χ3n) is 7.04. The van der Waals surface area contributed by atoms with Crippen LogP contribution in [0, 0.1) is 36.2 Å². The van der Waals surface area contributed by atoms with Crippen molar-refractivity contribution in [1.29, 1.82) is 0 Å².